The molecule has 1 aromatic rings. The van der Waals surface area contributed by atoms with Crippen LogP contribution in [0, 0.1) is 18.6 Å². The summed E-state index contributed by atoms with van der Waals surface area (Å²) in [7, 11) is 0. The number of alkyl halides is 3. The lowest BCUT2D eigenvalue weighted by atomic mass is 10.2. The maximum atomic E-state index is 12.8. The van der Waals surface area contributed by atoms with Crippen LogP contribution in [0.3, 0.4) is 0 Å². The van der Waals surface area contributed by atoms with Gasteiger partial charge in [-0.05, 0) is 24.6 Å². The monoisotopic (exact) mass is 212 g/mol. The van der Waals surface area contributed by atoms with E-state index in [0.717, 1.165) is 12.1 Å². The standard InChI is InChI=1S/C8H5F5O/c1-4-2-5(9)7(6(10)3-4)14-8(11,12)13/h2-3H,1H3. The van der Waals surface area contributed by atoms with Gasteiger partial charge in [-0.15, -0.1) is 13.2 Å². The Morgan fingerprint density at radius 1 is 1.07 bits per heavy atom. The van der Waals surface area contributed by atoms with E-state index in [0.29, 0.717) is 0 Å². The van der Waals surface area contributed by atoms with Gasteiger partial charge in [0.2, 0.25) is 5.75 Å². The van der Waals surface area contributed by atoms with Crippen LogP contribution in [0.4, 0.5) is 22.0 Å². The van der Waals surface area contributed by atoms with Crippen LogP contribution in [0.25, 0.3) is 0 Å². The fourth-order valence-corrected chi connectivity index (χ4v) is 0.900. The molecule has 0 bridgehead atoms. The molecule has 0 aliphatic heterocycles. The van der Waals surface area contributed by atoms with Crippen molar-refractivity contribution in [3.05, 3.63) is 29.3 Å². The molecule has 1 nitrogen and oxygen atoms in total. The molecule has 0 fully saturated rings. The van der Waals surface area contributed by atoms with E-state index >= 15 is 0 Å². The van der Waals surface area contributed by atoms with Crippen LogP contribution in [-0.2, 0) is 0 Å². The summed E-state index contributed by atoms with van der Waals surface area (Å²) in [5, 5.41) is 0. The van der Waals surface area contributed by atoms with Gasteiger partial charge >= 0.3 is 6.36 Å². The lowest BCUT2D eigenvalue weighted by Gasteiger charge is -2.10. The number of hydrogen-bond acceptors (Lipinski definition) is 1. The van der Waals surface area contributed by atoms with Gasteiger partial charge in [-0.1, -0.05) is 0 Å². The van der Waals surface area contributed by atoms with Gasteiger partial charge in [-0.3, -0.25) is 0 Å². The highest BCUT2D eigenvalue weighted by molar-refractivity contribution is 5.30. The number of hydrogen-bond donors (Lipinski definition) is 0. The lowest BCUT2D eigenvalue weighted by molar-refractivity contribution is -0.276. The van der Waals surface area contributed by atoms with Crippen LogP contribution >= 0.6 is 0 Å². The summed E-state index contributed by atoms with van der Waals surface area (Å²) >= 11 is 0. The second kappa shape index (κ2) is 3.43. The minimum absolute atomic E-state index is 0.175. The summed E-state index contributed by atoms with van der Waals surface area (Å²) in [5.41, 5.74) is 0.175. The molecule has 0 spiro atoms. The average molecular weight is 212 g/mol. The maximum Gasteiger partial charge on any atom is 0.573 e. The minimum Gasteiger partial charge on any atom is -0.399 e. The van der Waals surface area contributed by atoms with Crippen molar-refractivity contribution in [2.45, 2.75) is 13.3 Å². The van der Waals surface area contributed by atoms with Gasteiger partial charge in [0.1, 0.15) is 0 Å². The third-order valence-electron chi connectivity index (χ3n) is 1.36. The van der Waals surface area contributed by atoms with E-state index in [-0.39, 0.29) is 5.56 Å². The van der Waals surface area contributed by atoms with Crippen molar-refractivity contribution < 1.29 is 26.7 Å². The molecule has 1 rings (SSSR count). The highest BCUT2D eigenvalue weighted by atomic mass is 19.4. The summed E-state index contributed by atoms with van der Waals surface area (Å²) < 4.78 is 63.7. The first-order chi connectivity index (χ1) is 6.29. The van der Waals surface area contributed by atoms with Crippen LogP contribution in [-0.4, -0.2) is 6.36 Å². The Morgan fingerprint density at radius 3 is 1.86 bits per heavy atom. The van der Waals surface area contributed by atoms with Crippen LogP contribution < -0.4 is 4.74 Å². The summed E-state index contributed by atoms with van der Waals surface area (Å²) in [4.78, 5) is 0. The fraction of sp³-hybridized carbons (Fsp3) is 0.250. The number of aryl methyl sites for hydroxylation is 1. The maximum absolute atomic E-state index is 12.8. The Kier molecular flexibility index (Phi) is 2.64. The molecular formula is C8H5F5O. The number of benzene rings is 1. The quantitative estimate of drug-likeness (QED) is 0.649. The number of ether oxygens (including phenoxy) is 1. The predicted octanol–water partition coefficient (Wildman–Crippen LogP) is 3.17. The number of rotatable bonds is 1. The van der Waals surface area contributed by atoms with Crippen LogP contribution in [0.5, 0.6) is 5.75 Å². The highest BCUT2D eigenvalue weighted by Gasteiger charge is 2.33. The van der Waals surface area contributed by atoms with Gasteiger partial charge < -0.3 is 4.74 Å². The highest BCUT2D eigenvalue weighted by Crippen LogP contribution is 2.28. The fourth-order valence-electron chi connectivity index (χ4n) is 0.900. The van der Waals surface area contributed by atoms with Crippen molar-refractivity contribution in [2.24, 2.45) is 0 Å². The van der Waals surface area contributed by atoms with E-state index < -0.39 is 23.7 Å². The van der Waals surface area contributed by atoms with Gasteiger partial charge in [-0.2, -0.15) is 0 Å². The average Bonchev–Trinajstić information content (AvgIpc) is 1.95. The van der Waals surface area contributed by atoms with Crippen LogP contribution in [0.15, 0.2) is 12.1 Å². The van der Waals surface area contributed by atoms with Gasteiger partial charge in [0.05, 0.1) is 0 Å². The molecule has 0 N–H and O–H groups in total. The second-order valence-electron chi connectivity index (χ2n) is 2.61. The Morgan fingerprint density at radius 2 is 1.50 bits per heavy atom. The SMILES string of the molecule is Cc1cc(F)c(OC(F)(F)F)c(F)c1. The van der Waals surface area contributed by atoms with Crippen molar-refractivity contribution in [1.82, 2.24) is 0 Å². The van der Waals surface area contributed by atoms with E-state index in [4.69, 9.17) is 0 Å². The third-order valence-corrected chi connectivity index (χ3v) is 1.36. The van der Waals surface area contributed by atoms with Gasteiger partial charge in [0.25, 0.3) is 0 Å². The molecule has 78 valence electrons. The molecule has 1 aromatic carbocycles. The smallest absolute Gasteiger partial charge is 0.399 e. The van der Waals surface area contributed by atoms with E-state index in [1.165, 1.54) is 6.92 Å². The normalized spacial score (nSPS) is 11.6. The first-order valence-corrected chi connectivity index (χ1v) is 3.51. The molecule has 0 atom stereocenters. The Labute approximate surface area is 76.1 Å². The van der Waals surface area contributed by atoms with E-state index in [9.17, 15) is 22.0 Å². The Bertz CT molecular complexity index is 321. The summed E-state index contributed by atoms with van der Waals surface area (Å²) in [6.45, 7) is 1.35. The number of halogens is 5. The zero-order chi connectivity index (χ0) is 10.9. The first kappa shape index (κ1) is 10.7. The summed E-state index contributed by atoms with van der Waals surface area (Å²) in [5.74, 6) is -4.18. The van der Waals surface area contributed by atoms with Crippen LogP contribution in [0.2, 0.25) is 0 Å². The Hall–Kier alpha value is -1.33. The van der Waals surface area contributed by atoms with Gasteiger partial charge in [-0.25, -0.2) is 8.78 Å². The summed E-state index contributed by atoms with van der Waals surface area (Å²) in [6.07, 6.45) is -5.10. The molecule has 0 aromatic heterocycles. The van der Waals surface area contributed by atoms with Crippen molar-refractivity contribution in [2.75, 3.05) is 0 Å². The molecule has 0 aliphatic rings. The molecular weight excluding hydrogens is 207 g/mol. The first-order valence-electron chi connectivity index (χ1n) is 3.51. The topological polar surface area (TPSA) is 9.23 Å². The minimum atomic E-state index is -5.10. The zero-order valence-corrected chi connectivity index (χ0v) is 6.95. The largest absolute Gasteiger partial charge is 0.573 e. The van der Waals surface area contributed by atoms with Crippen molar-refractivity contribution in [3.8, 4) is 5.75 Å². The van der Waals surface area contributed by atoms with E-state index in [1.807, 2.05) is 0 Å². The second-order valence-corrected chi connectivity index (χ2v) is 2.61. The van der Waals surface area contributed by atoms with E-state index in [2.05, 4.69) is 4.74 Å². The zero-order valence-electron chi connectivity index (χ0n) is 6.95. The van der Waals surface area contributed by atoms with Crippen molar-refractivity contribution in [1.29, 1.82) is 0 Å². The molecule has 14 heavy (non-hydrogen) atoms. The molecule has 0 saturated carbocycles. The molecule has 0 aliphatic carbocycles. The van der Waals surface area contributed by atoms with E-state index in [1.54, 1.807) is 0 Å². The third kappa shape index (κ3) is 2.58. The molecule has 0 unspecified atom stereocenters. The predicted molar refractivity (Wildman–Crippen MR) is 37.8 cm³/mol. The lowest BCUT2D eigenvalue weighted by Crippen LogP contribution is -2.19. The molecule has 0 radical (unpaired) electrons. The molecule has 6 heteroatoms. The molecule has 0 heterocycles. The Balaban J connectivity index is 3.09. The van der Waals surface area contributed by atoms with Crippen molar-refractivity contribution >= 4 is 0 Å². The van der Waals surface area contributed by atoms with Gasteiger partial charge in [0, 0.05) is 0 Å². The van der Waals surface area contributed by atoms with Crippen molar-refractivity contribution in [3.63, 3.8) is 0 Å². The summed E-state index contributed by atoms with van der Waals surface area (Å²) in [6, 6.07) is 1.51. The van der Waals surface area contributed by atoms with Crippen LogP contribution in [0.1, 0.15) is 5.56 Å². The molecule has 0 saturated heterocycles. The molecule has 0 amide bonds. The van der Waals surface area contributed by atoms with Gasteiger partial charge in [0.15, 0.2) is 11.6 Å².